The summed E-state index contributed by atoms with van der Waals surface area (Å²) in [7, 11) is 1.48. The van der Waals surface area contributed by atoms with E-state index in [1.165, 1.54) is 14.0 Å². The monoisotopic (exact) mass is 617 g/mol. The number of morpholine rings is 1. The molecule has 244 valence electrons. The lowest BCUT2D eigenvalue weighted by Crippen LogP contribution is -2.60. The lowest BCUT2D eigenvalue weighted by atomic mass is 9.89. The van der Waals surface area contributed by atoms with Gasteiger partial charge in [-0.25, -0.2) is 0 Å². The van der Waals surface area contributed by atoms with Crippen LogP contribution >= 0.6 is 0 Å². The predicted octanol–water partition coefficient (Wildman–Crippen LogP) is 0.961. The quantitative estimate of drug-likeness (QED) is 0.0608. The molecular formula is C31H47N5O8. The summed E-state index contributed by atoms with van der Waals surface area (Å²) in [5.41, 5.74) is -0.375. The molecule has 0 spiro atoms. The summed E-state index contributed by atoms with van der Waals surface area (Å²) in [4.78, 5) is 68.2. The van der Waals surface area contributed by atoms with E-state index in [9.17, 15) is 24.0 Å². The van der Waals surface area contributed by atoms with E-state index in [0.717, 1.165) is 31.3 Å². The molecule has 0 radical (unpaired) electrons. The third-order valence-electron chi connectivity index (χ3n) is 8.14. The number of carbonyl (C=O) groups is 5. The van der Waals surface area contributed by atoms with E-state index in [2.05, 4.69) is 22.0 Å². The van der Waals surface area contributed by atoms with Gasteiger partial charge in [-0.15, -0.1) is 0 Å². The van der Waals surface area contributed by atoms with Crippen LogP contribution in [0.3, 0.4) is 0 Å². The molecule has 0 aromatic heterocycles. The molecule has 4 atom stereocenters. The molecule has 0 saturated carbocycles. The van der Waals surface area contributed by atoms with Gasteiger partial charge in [-0.1, -0.05) is 11.6 Å². The van der Waals surface area contributed by atoms with Crippen molar-refractivity contribution >= 4 is 35.0 Å². The first kappa shape index (κ1) is 35.1. The van der Waals surface area contributed by atoms with Crippen LogP contribution in [0.1, 0.15) is 65.7 Å². The molecule has 2 heterocycles. The zero-order valence-electron chi connectivity index (χ0n) is 26.3. The maximum Gasteiger partial charge on any atom is 0.251 e. The minimum Gasteiger partial charge on any atom is -0.501 e. The van der Waals surface area contributed by atoms with Crippen molar-refractivity contribution in [2.24, 2.45) is 0 Å². The highest BCUT2D eigenvalue weighted by Gasteiger charge is 2.50. The summed E-state index contributed by atoms with van der Waals surface area (Å²) < 4.78 is 15.9. The van der Waals surface area contributed by atoms with Gasteiger partial charge in [-0.05, 0) is 65.4 Å². The van der Waals surface area contributed by atoms with Crippen molar-refractivity contribution in [2.75, 3.05) is 46.6 Å². The van der Waals surface area contributed by atoms with E-state index in [1.807, 2.05) is 4.90 Å². The van der Waals surface area contributed by atoms with Crippen LogP contribution < -0.4 is 16.0 Å². The van der Waals surface area contributed by atoms with Gasteiger partial charge in [0.25, 0.3) is 5.91 Å². The van der Waals surface area contributed by atoms with Crippen molar-refractivity contribution in [3.8, 4) is 0 Å². The molecule has 4 N–H and O–H groups in total. The molecule has 13 heteroatoms. The van der Waals surface area contributed by atoms with Crippen molar-refractivity contribution in [2.45, 2.75) is 89.4 Å². The maximum absolute atomic E-state index is 13.7. The van der Waals surface area contributed by atoms with Crippen molar-refractivity contribution in [3.63, 3.8) is 0 Å². The predicted molar refractivity (Wildman–Crippen MR) is 162 cm³/mol. The molecule has 3 amide bonds. The molecule has 2 aliphatic heterocycles. The van der Waals surface area contributed by atoms with Crippen molar-refractivity contribution < 1.29 is 38.2 Å². The molecule has 13 nitrogen and oxygen atoms in total. The third kappa shape index (κ3) is 10.3. The van der Waals surface area contributed by atoms with E-state index in [1.54, 1.807) is 19.9 Å². The van der Waals surface area contributed by atoms with Crippen LogP contribution in [0.5, 0.6) is 0 Å². The second-order valence-electron chi connectivity index (χ2n) is 11.7. The fourth-order valence-corrected chi connectivity index (χ4v) is 5.18. The first-order valence-corrected chi connectivity index (χ1v) is 15.3. The Balaban J connectivity index is 1.75. The highest BCUT2D eigenvalue weighted by molar-refractivity contribution is 6.44. The van der Waals surface area contributed by atoms with Gasteiger partial charge < -0.3 is 35.6 Å². The van der Waals surface area contributed by atoms with Crippen LogP contribution in [0.25, 0.3) is 0 Å². The van der Waals surface area contributed by atoms with E-state index in [-0.39, 0.29) is 43.9 Å². The zero-order chi connectivity index (χ0) is 32.3. The number of rotatable bonds is 17. The number of nitrogens with zero attached hydrogens (tertiary/aromatic N) is 1. The van der Waals surface area contributed by atoms with E-state index in [4.69, 9.17) is 19.6 Å². The standard InChI is InChI=1S/C31H47N5O8/c1-5-22(42-4)11-12-23(32)27(38)26(35-29(40)20(2)33-25(37)18-36-13-15-43-16-14-36)30(41)34-24(28(39)31(3)19-44-31)17-21-9-7-6-8-10-21/h5,9,20,24,26,32H,6-8,10-19H2,1-4H3,(H,33,37)(H,34,41)(H,35,40). The topological polar surface area (TPSA) is 180 Å². The van der Waals surface area contributed by atoms with Crippen LogP contribution in [0.2, 0.25) is 0 Å². The molecular weight excluding hydrogens is 570 g/mol. The molecule has 3 aliphatic rings. The Labute approximate surface area is 259 Å². The Morgan fingerprint density at radius 3 is 2.39 bits per heavy atom. The number of epoxide rings is 1. The molecule has 2 fully saturated rings. The SMILES string of the molecule is CC=C(CCC(=N)C(=O)C(NC(=O)C(C)NC(=O)CN1CCOCC1)C(=O)NC(CC1=CCCCC1)C(=O)C1(C)CO1)OC. The zero-order valence-corrected chi connectivity index (χ0v) is 26.3. The van der Waals surface area contributed by atoms with Crippen LogP contribution in [0.4, 0.5) is 0 Å². The van der Waals surface area contributed by atoms with Gasteiger partial charge in [-0.2, -0.15) is 0 Å². The summed E-state index contributed by atoms with van der Waals surface area (Å²) in [5.74, 6) is -2.73. The van der Waals surface area contributed by atoms with Crippen LogP contribution in [0.15, 0.2) is 23.5 Å². The molecule has 0 aromatic carbocycles. The van der Waals surface area contributed by atoms with Crippen LogP contribution in [0, 0.1) is 5.41 Å². The number of methoxy groups -OCH3 is 1. The van der Waals surface area contributed by atoms with Crippen LogP contribution in [-0.4, -0.2) is 110 Å². The Hall–Kier alpha value is -3.42. The van der Waals surface area contributed by atoms with Gasteiger partial charge in [0.2, 0.25) is 17.6 Å². The van der Waals surface area contributed by atoms with Crippen LogP contribution in [-0.2, 0) is 38.2 Å². The number of amides is 3. The maximum atomic E-state index is 13.7. The molecule has 1 aliphatic carbocycles. The van der Waals surface area contributed by atoms with E-state index >= 15 is 0 Å². The third-order valence-corrected chi connectivity index (χ3v) is 8.14. The number of ether oxygens (including phenoxy) is 3. The highest BCUT2D eigenvalue weighted by Crippen LogP contribution is 2.31. The number of Topliss-reactive ketones (excluding diaryl/α,β-unsaturated/α-hetero) is 2. The lowest BCUT2D eigenvalue weighted by Gasteiger charge is -2.27. The summed E-state index contributed by atoms with van der Waals surface area (Å²) in [6.45, 7) is 7.37. The number of hydrogen-bond acceptors (Lipinski definition) is 10. The molecule has 3 rings (SSSR count). The molecule has 44 heavy (non-hydrogen) atoms. The number of allylic oxidation sites excluding steroid dienone is 3. The fraction of sp³-hybridized carbons (Fsp3) is 0.677. The van der Waals surface area contributed by atoms with Gasteiger partial charge in [-0.3, -0.25) is 28.9 Å². The van der Waals surface area contributed by atoms with Gasteiger partial charge in [0.05, 0.1) is 51.0 Å². The molecule has 2 saturated heterocycles. The highest BCUT2D eigenvalue weighted by atomic mass is 16.6. The van der Waals surface area contributed by atoms with Gasteiger partial charge in [0.15, 0.2) is 11.8 Å². The average Bonchev–Trinajstić information content (AvgIpc) is 3.78. The Kier molecular flexibility index (Phi) is 13.2. The smallest absolute Gasteiger partial charge is 0.251 e. The first-order chi connectivity index (χ1) is 21.0. The number of nitrogens with one attached hydrogen (secondary N) is 4. The van der Waals surface area contributed by atoms with Gasteiger partial charge in [0.1, 0.15) is 11.6 Å². The number of ketones is 2. The minimum atomic E-state index is -1.78. The van der Waals surface area contributed by atoms with Gasteiger partial charge in [0, 0.05) is 19.5 Å². The first-order valence-electron chi connectivity index (χ1n) is 15.3. The number of hydrogen-bond donors (Lipinski definition) is 4. The van der Waals surface area contributed by atoms with E-state index in [0.29, 0.717) is 32.1 Å². The fourth-order valence-electron chi connectivity index (χ4n) is 5.18. The summed E-state index contributed by atoms with van der Waals surface area (Å²) in [5, 5.41) is 16.1. The van der Waals surface area contributed by atoms with Crippen molar-refractivity contribution in [3.05, 3.63) is 23.5 Å². The number of carbonyl (C=O) groups excluding carboxylic acids is 5. The summed E-state index contributed by atoms with van der Waals surface area (Å²) in [6.07, 6.45) is 7.99. The van der Waals surface area contributed by atoms with Gasteiger partial charge >= 0.3 is 0 Å². The molecule has 0 bridgehead atoms. The van der Waals surface area contributed by atoms with Crippen molar-refractivity contribution in [1.82, 2.24) is 20.9 Å². The average molecular weight is 618 g/mol. The Morgan fingerprint density at radius 2 is 1.80 bits per heavy atom. The second kappa shape index (κ2) is 16.6. The summed E-state index contributed by atoms with van der Waals surface area (Å²) >= 11 is 0. The molecule has 0 aromatic rings. The summed E-state index contributed by atoms with van der Waals surface area (Å²) in [6, 6.07) is -3.84. The minimum absolute atomic E-state index is 0.0288. The van der Waals surface area contributed by atoms with Crippen molar-refractivity contribution in [1.29, 1.82) is 5.41 Å². The second-order valence-corrected chi connectivity index (χ2v) is 11.7. The largest absolute Gasteiger partial charge is 0.501 e. The Morgan fingerprint density at radius 1 is 1.09 bits per heavy atom. The van der Waals surface area contributed by atoms with E-state index < -0.39 is 47.2 Å². The Bertz CT molecular complexity index is 1160. The molecule has 4 unspecified atom stereocenters. The normalized spacial score (nSPS) is 22.5. The lowest BCUT2D eigenvalue weighted by molar-refractivity contribution is -0.137.